The molecule has 0 aromatic heterocycles. The van der Waals surface area contributed by atoms with Crippen LogP contribution in [0.15, 0.2) is 21.0 Å². The molecule has 0 fully saturated rings. The van der Waals surface area contributed by atoms with E-state index in [0.29, 0.717) is 4.47 Å². The summed E-state index contributed by atoms with van der Waals surface area (Å²) in [5.74, 6) is -1.94. The second kappa shape index (κ2) is 5.67. The van der Waals surface area contributed by atoms with Gasteiger partial charge in [-0.15, -0.1) is 0 Å². The van der Waals surface area contributed by atoms with Crippen molar-refractivity contribution in [3.8, 4) is 0 Å². The van der Waals surface area contributed by atoms with E-state index in [9.17, 15) is 13.3 Å². The molecule has 0 saturated carbocycles. The van der Waals surface area contributed by atoms with Crippen LogP contribution in [0.4, 0.5) is 8.78 Å². The zero-order valence-electron chi connectivity index (χ0n) is 10.6. The zero-order chi connectivity index (χ0) is 14.1. The standard InChI is InChI=1S/C12H14BrF2NOS/c1-7(16-18(17)12(2,3)4)9-5-8(13)6-10(14)11(9)15/h5-6H,1-4H3. The van der Waals surface area contributed by atoms with E-state index < -0.39 is 27.7 Å². The largest absolute Gasteiger partial charge is 0.591 e. The summed E-state index contributed by atoms with van der Waals surface area (Å²) in [4.78, 5) is 0. The van der Waals surface area contributed by atoms with Gasteiger partial charge in [0.05, 0.1) is 5.71 Å². The highest BCUT2D eigenvalue weighted by molar-refractivity contribution is 9.10. The minimum Gasteiger partial charge on any atom is -0.591 e. The maximum atomic E-state index is 13.6. The summed E-state index contributed by atoms with van der Waals surface area (Å²) >= 11 is 1.58. The molecule has 1 aromatic rings. The Labute approximate surface area is 117 Å². The Morgan fingerprint density at radius 2 is 1.89 bits per heavy atom. The van der Waals surface area contributed by atoms with Gasteiger partial charge in [-0.2, -0.15) is 0 Å². The molecule has 0 amide bonds. The molecule has 0 aliphatic carbocycles. The van der Waals surface area contributed by atoms with Crippen LogP contribution >= 0.6 is 15.9 Å². The second-order valence-corrected chi connectivity index (χ2v) is 7.61. The highest BCUT2D eigenvalue weighted by Gasteiger charge is 2.27. The van der Waals surface area contributed by atoms with E-state index in [1.54, 1.807) is 20.8 Å². The number of hydrogen-bond acceptors (Lipinski definition) is 2. The van der Waals surface area contributed by atoms with Crippen LogP contribution in [0.1, 0.15) is 33.3 Å². The van der Waals surface area contributed by atoms with Gasteiger partial charge in [-0.3, -0.25) is 0 Å². The molecule has 0 heterocycles. The molecule has 1 unspecified atom stereocenters. The first-order valence-electron chi connectivity index (χ1n) is 5.25. The molecular weight excluding hydrogens is 324 g/mol. The van der Waals surface area contributed by atoms with Crippen molar-refractivity contribution in [2.45, 2.75) is 32.4 Å². The lowest BCUT2D eigenvalue weighted by molar-refractivity contribution is 0.506. The van der Waals surface area contributed by atoms with Gasteiger partial charge in [0.2, 0.25) is 0 Å². The first-order chi connectivity index (χ1) is 8.12. The fourth-order valence-electron chi connectivity index (χ4n) is 1.13. The topological polar surface area (TPSA) is 35.4 Å². The molecule has 1 rings (SSSR count). The number of rotatable bonds is 2. The van der Waals surface area contributed by atoms with Gasteiger partial charge < -0.3 is 4.55 Å². The first-order valence-corrected chi connectivity index (χ1v) is 7.15. The Kier molecular flexibility index (Phi) is 4.91. The van der Waals surface area contributed by atoms with Gasteiger partial charge in [0.25, 0.3) is 0 Å². The molecule has 0 saturated heterocycles. The van der Waals surface area contributed by atoms with Crippen LogP contribution in [-0.4, -0.2) is 15.0 Å². The fourth-order valence-corrected chi connectivity index (χ4v) is 2.18. The normalized spacial score (nSPS) is 14.8. The number of nitrogens with zero attached hydrogens (tertiary/aromatic N) is 1. The highest BCUT2D eigenvalue weighted by Crippen LogP contribution is 2.22. The summed E-state index contributed by atoms with van der Waals surface area (Å²) in [7, 11) is 0. The predicted octanol–water partition coefficient (Wildman–Crippen LogP) is 4.00. The van der Waals surface area contributed by atoms with Crippen LogP contribution in [0.5, 0.6) is 0 Å². The minimum absolute atomic E-state index is 0.0134. The van der Waals surface area contributed by atoms with Crippen molar-refractivity contribution in [3.63, 3.8) is 0 Å². The maximum absolute atomic E-state index is 13.6. The maximum Gasteiger partial charge on any atom is 0.168 e. The Morgan fingerprint density at radius 1 is 1.33 bits per heavy atom. The quantitative estimate of drug-likeness (QED) is 0.456. The molecule has 18 heavy (non-hydrogen) atoms. The summed E-state index contributed by atoms with van der Waals surface area (Å²) in [6.45, 7) is 6.79. The number of hydrogen-bond donors (Lipinski definition) is 0. The summed E-state index contributed by atoms with van der Waals surface area (Å²) < 4.78 is 42.5. The van der Waals surface area contributed by atoms with E-state index in [1.807, 2.05) is 0 Å². The third-order valence-corrected chi connectivity index (χ3v) is 4.07. The lowest BCUT2D eigenvalue weighted by Crippen LogP contribution is -2.26. The molecule has 0 bridgehead atoms. The molecular formula is C12H14BrF2NOS. The molecule has 0 aliphatic heterocycles. The second-order valence-electron chi connectivity index (χ2n) is 4.79. The van der Waals surface area contributed by atoms with E-state index >= 15 is 0 Å². The Balaban J connectivity index is 3.19. The van der Waals surface area contributed by atoms with E-state index in [1.165, 1.54) is 13.0 Å². The SMILES string of the molecule is CC(=N[S+]([O-])C(C)(C)C)c1cc(Br)cc(F)c1F. The molecule has 1 atom stereocenters. The van der Waals surface area contributed by atoms with Crippen LogP contribution in [0.3, 0.4) is 0 Å². The van der Waals surface area contributed by atoms with Gasteiger partial charge in [0.1, 0.15) is 16.1 Å². The first kappa shape index (κ1) is 15.6. The van der Waals surface area contributed by atoms with Crippen LogP contribution in [0, 0.1) is 11.6 Å². The smallest absolute Gasteiger partial charge is 0.168 e. The van der Waals surface area contributed by atoms with Crippen molar-refractivity contribution in [2.24, 2.45) is 4.40 Å². The van der Waals surface area contributed by atoms with Gasteiger partial charge in [0, 0.05) is 10.0 Å². The van der Waals surface area contributed by atoms with E-state index in [2.05, 4.69) is 20.3 Å². The summed E-state index contributed by atoms with van der Waals surface area (Å²) in [5, 5.41) is 0. The van der Waals surface area contributed by atoms with Crippen molar-refractivity contribution in [2.75, 3.05) is 0 Å². The molecule has 6 heteroatoms. The van der Waals surface area contributed by atoms with Gasteiger partial charge >= 0.3 is 0 Å². The lowest BCUT2D eigenvalue weighted by atomic mass is 10.1. The predicted molar refractivity (Wildman–Crippen MR) is 74.2 cm³/mol. The van der Waals surface area contributed by atoms with Crippen LogP contribution in [0.2, 0.25) is 0 Å². The molecule has 0 aliphatic rings. The minimum atomic E-state index is -1.51. The third kappa shape index (κ3) is 3.76. The highest BCUT2D eigenvalue weighted by atomic mass is 79.9. The summed E-state index contributed by atoms with van der Waals surface area (Å²) in [6, 6.07) is 2.45. The average Bonchev–Trinajstić information content (AvgIpc) is 2.21. The third-order valence-electron chi connectivity index (χ3n) is 2.13. The van der Waals surface area contributed by atoms with Gasteiger partial charge in [-0.1, -0.05) is 20.3 Å². The zero-order valence-corrected chi connectivity index (χ0v) is 13.0. The van der Waals surface area contributed by atoms with Gasteiger partial charge in [-0.25, -0.2) is 8.78 Å². The lowest BCUT2D eigenvalue weighted by Gasteiger charge is -2.18. The van der Waals surface area contributed by atoms with E-state index in [4.69, 9.17) is 0 Å². The average molecular weight is 338 g/mol. The van der Waals surface area contributed by atoms with Crippen LogP contribution in [0.25, 0.3) is 0 Å². The number of halogens is 3. The molecule has 0 N–H and O–H groups in total. The number of benzene rings is 1. The van der Waals surface area contributed by atoms with Crippen molar-refractivity contribution < 1.29 is 13.3 Å². The summed E-state index contributed by atoms with van der Waals surface area (Å²) in [6.07, 6.45) is 0. The van der Waals surface area contributed by atoms with Crippen molar-refractivity contribution in [3.05, 3.63) is 33.8 Å². The Morgan fingerprint density at radius 3 is 2.39 bits per heavy atom. The molecule has 0 spiro atoms. The van der Waals surface area contributed by atoms with Gasteiger partial charge in [0.15, 0.2) is 11.6 Å². The van der Waals surface area contributed by atoms with Crippen molar-refractivity contribution in [1.29, 1.82) is 0 Å². The Hall–Kier alpha value is -0.460. The molecule has 1 aromatic carbocycles. The van der Waals surface area contributed by atoms with E-state index in [0.717, 1.165) is 6.07 Å². The van der Waals surface area contributed by atoms with Crippen molar-refractivity contribution >= 4 is 33.0 Å². The summed E-state index contributed by atoms with van der Waals surface area (Å²) in [5.41, 5.74) is 0.223. The molecule has 2 nitrogen and oxygen atoms in total. The van der Waals surface area contributed by atoms with Crippen LogP contribution in [-0.2, 0) is 11.4 Å². The molecule has 0 radical (unpaired) electrons. The van der Waals surface area contributed by atoms with Gasteiger partial charge in [-0.05, 0) is 39.8 Å². The van der Waals surface area contributed by atoms with Crippen LogP contribution < -0.4 is 0 Å². The molecule has 100 valence electrons. The fraction of sp³-hybridized carbons (Fsp3) is 0.417. The monoisotopic (exact) mass is 337 g/mol. The Bertz CT molecular complexity index is 486. The van der Waals surface area contributed by atoms with Crippen molar-refractivity contribution in [1.82, 2.24) is 0 Å². The van der Waals surface area contributed by atoms with E-state index in [-0.39, 0.29) is 11.3 Å².